The third kappa shape index (κ3) is 3.57. The average Bonchev–Trinajstić information content (AvgIpc) is 2.71. The molecule has 0 bridgehead atoms. The Morgan fingerprint density at radius 1 is 0.846 bits per heavy atom. The molecular formula is C22H24N2O2. The Kier molecular flexibility index (Phi) is 5.14. The van der Waals surface area contributed by atoms with Crippen molar-refractivity contribution in [2.45, 2.75) is 13.0 Å². The van der Waals surface area contributed by atoms with Gasteiger partial charge in [-0.2, -0.15) is 0 Å². The van der Waals surface area contributed by atoms with Crippen LogP contribution in [0.25, 0.3) is 21.9 Å². The Labute approximate surface area is 153 Å². The van der Waals surface area contributed by atoms with Crippen molar-refractivity contribution in [3.63, 3.8) is 0 Å². The van der Waals surface area contributed by atoms with Crippen LogP contribution in [0.1, 0.15) is 6.42 Å². The van der Waals surface area contributed by atoms with E-state index in [-0.39, 0.29) is 5.56 Å². The van der Waals surface area contributed by atoms with Crippen molar-refractivity contribution in [1.29, 1.82) is 0 Å². The van der Waals surface area contributed by atoms with Crippen molar-refractivity contribution >= 4 is 10.8 Å². The quantitative estimate of drug-likeness (QED) is 0.709. The second-order valence-corrected chi connectivity index (χ2v) is 6.76. The summed E-state index contributed by atoms with van der Waals surface area (Å²) in [5.41, 5.74) is 2.36. The lowest BCUT2D eigenvalue weighted by Crippen LogP contribution is -2.37. The largest absolute Gasteiger partial charge is 0.379 e. The highest BCUT2D eigenvalue weighted by Crippen LogP contribution is 2.26. The normalized spacial score (nSPS) is 15.4. The van der Waals surface area contributed by atoms with E-state index in [4.69, 9.17) is 4.74 Å². The predicted octanol–water partition coefficient (Wildman–Crippen LogP) is 3.39. The van der Waals surface area contributed by atoms with E-state index in [1.807, 2.05) is 53.2 Å². The van der Waals surface area contributed by atoms with Crippen LogP contribution in [0.2, 0.25) is 0 Å². The molecule has 1 saturated heterocycles. The molecule has 1 aliphatic rings. The smallest absolute Gasteiger partial charge is 0.258 e. The minimum Gasteiger partial charge on any atom is -0.379 e. The summed E-state index contributed by atoms with van der Waals surface area (Å²) in [7, 11) is 0. The van der Waals surface area contributed by atoms with Gasteiger partial charge in [-0.1, -0.05) is 48.5 Å². The van der Waals surface area contributed by atoms with Gasteiger partial charge in [-0.3, -0.25) is 9.69 Å². The molecule has 4 rings (SSSR count). The Bertz CT molecular complexity index is 928. The average molecular weight is 348 g/mol. The molecule has 2 aromatic carbocycles. The van der Waals surface area contributed by atoms with Gasteiger partial charge in [0.05, 0.1) is 13.2 Å². The minimum absolute atomic E-state index is 0.0993. The first kappa shape index (κ1) is 17.0. The highest BCUT2D eigenvalue weighted by molar-refractivity contribution is 5.95. The summed E-state index contributed by atoms with van der Waals surface area (Å²) in [5.74, 6) is 0. The van der Waals surface area contributed by atoms with Crippen LogP contribution in [0.4, 0.5) is 0 Å². The van der Waals surface area contributed by atoms with Gasteiger partial charge in [0.15, 0.2) is 0 Å². The number of nitrogens with zero attached hydrogens (tertiary/aromatic N) is 2. The van der Waals surface area contributed by atoms with Crippen LogP contribution >= 0.6 is 0 Å². The molecular weight excluding hydrogens is 324 g/mol. The zero-order valence-corrected chi connectivity index (χ0v) is 14.9. The van der Waals surface area contributed by atoms with E-state index in [0.717, 1.165) is 67.7 Å². The number of hydrogen-bond donors (Lipinski definition) is 0. The van der Waals surface area contributed by atoms with Crippen LogP contribution in [0.5, 0.6) is 0 Å². The van der Waals surface area contributed by atoms with Gasteiger partial charge < -0.3 is 9.30 Å². The topological polar surface area (TPSA) is 34.5 Å². The van der Waals surface area contributed by atoms with Gasteiger partial charge >= 0.3 is 0 Å². The van der Waals surface area contributed by atoms with Gasteiger partial charge in [-0.25, -0.2) is 0 Å². The van der Waals surface area contributed by atoms with Crippen molar-refractivity contribution in [1.82, 2.24) is 9.47 Å². The SMILES string of the molecule is O=c1c2ccccc2c(-c2ccccc2)cn1CCCN1CCOCC1. The summed E-state index contributed by atoms with van der Waals surface area (Å²) in [5, 5.41) is 1.81. The van der Waals surface area contributed by atoms with E-state index in [0.29, 0.717) is 0 Å². The summed E-state index contributed by atoms with van der Waals surface area (Å²) in [6, 6.07) is 18.2. The number of pyridine rings is 1. The molecule has 0 atom stereocenters. The van der Waals surface area contributed by atoms with Crippen LogP contribution in [-0.4, -0.2) is 42.3 Å². The molecule has 0 unspecified atom stereocenters. The number of rotatable bonds is 5. The maximum atomic E-state index is 12.9. The van der Waals surface area contributed by atoms with Crippen molar-refractivity contribution in [3.8, 4) is 11.1 Å². The summed E-state index contributed by atoms with van der Waals surface area (Å²) in [6.45, 7) is 5.34. The molecule has 4 heteroatoms. The van der Waals surface area contributed by atoms with Crippen LogP contribution in [0.15, 0.2) is 65.6 Å². The van der Waals surface area contributed by atoms with E-state index >= 15 is 0 Å². The molecule has 0 spiro atoms. The Hall–Kier alpha value is -2.43. The van der Waals surface area contributed by atoms with Crippen LogP contribution in [0.3, 0.4) is 0 Å². The van der Waals surface area contributed by atoms with Crippen molar-refractivity contribution in [2.24, 2.45) is 0 Å². The molecule has 0 radical (unpaired) electrons. The number of fused-ring (bicyclic) bond motifs is 1. The van der Waals surface area contributed by atoms with Gasteiger partial charge in [0.1, 0.15) is 0 Å². The number of aryl methyl sites for hydroxylation is 1. The summed E-state index contributed by atoms with van der Waals surface area (Å²) >= 11 is 0. The van der Waals surface area contributed by atoms with E-state index in [1.54, 1.807) is 0 Å². The number of benzene rings is 2. The molecule has 0 amide bonds. The van der Waals surface area contributed by atoms with Crippen molar-refractivity contribution < 1.29 is 4.74 Å². The predicted molar refractivity (Wildman–Crippen MR) is 106 cm³/mol. The third-order valence-corrected chi connectivity index (χ3v) is 5.06. The van der Waals surface area contributed by atoms with Gasteiger partial charge in [-0.15, -0.1) is 0 Å². The first-order chi connectivity index (χ1) is 12.8. The standard InChI is InChI=1S/C22H24N2O2/c25-22-20-10-5-4-9-19(20)21(18-7-2-1-3-8-18)17-24(22)12-6-11-23-13-15-26-16-14-23/h1-5,7-10,17H,6,11-16H2. The molecule has 1 aliphatic heterocycles. The maximum absolute atomic E-state index is 12.9. The molecule has 3 aromatic rings. The first-order valence-electron chi connectivity index (χ1n) is 9.30. The fourth-order valence-electron chi connectivity index (χ4n) is 3.65. The third-order valence-electron chi connectivity index (χ3n) is 5.06. The van der Waals surface area contributed by atoms with Crippen LogP contribution in [-0.2, 0) is 11.3 Å². The maximum Gasteiger partial charge on any atom is 0.258 e. The number of ether oxygens (including phenoxy) is 1. The second-order valence-electron chi connectivity index (χ2n) is 6.76. The molecule has 26 heavy (non-hydrogen) atoms. The summed E-state index contributed by atoms with van der Waals surface area (Å²) in [4.78, 5) is 15.3. The van der Waals surface area contributed by atoms with Crippen molar-refractivity contribution in [3.05, 3.63) is 71.1 Å². The lowest BCUT2D eigenvalue weighted by Gasteiger charge is -2.26. The van der Waals surface area contributed by atoms with Crippen LogP contribution in [0, 0.1) is 0 Å². The van der Waals surface area contributed by atoms with Crippen LogP contribution < -0.4 is 5.56 Å². The first-order valence-corrected chi connectivity index (χ1v) is 9.30. The van der Waals surface area contributed by atoms with E-state index in [2.05, 4.69) is 17.0 Å². The molecule has 0 aliphatic carbocycles. The fraction of sp³-hybridized carbons (Fsp3) is 0.318. The lowest BCUT2D eigenvalue weighted by atomic mass is 10.0. The van der Waals surface area contributed by atoms with E-state index in [9.17, 15) is 4.79 Å². The molecule has 1 aromatic heterocycles. The number of morpholine rings is 1. The molecule has 0 saturated carbocycles. The lowest BCUT2D eigenvalue weighted by molar-refractivity contribution is 0.0369. The molecule has 0 N–H and O–H groups in total. The number of aromatic nitrogens is 1. The fourth-order valence-corrected chi connectivity index (χ4v) is 3.65. The van der Waals surface area contributed by atoms with Gasteiger partial charge in [-0.05, 0) is 23.4 Å². The summed E-state index contributed by atoms with van der Waals surface area (Å²) in [6.07, 6.45) is 2.99. The Morgan fingerprint density at radius 3 is 2.31 bits per heavy atom. The summed E-state index contributed by atoms with van der Waals surface area (Å²) < 4.78 is 7.28. The van der Waals surface area contributed by atoms with E-state index in [1.165, 1.54) is 0 Å². The Balaban J connectivity index is 1.64. The van der Waals surface area contributed by atoms with E-state index < -0.39 is 0 Å². The molecule has 1 fully saturated rings. The molecule has 2 heterocycles. The highest BCUT2D eigenvalue weighted by Gasteiger charge is 2.12. The van der Waals surface area contributed by atoms with Gasteiger partial charge in [0.2, 0.25) is 0 Å². The highest BCUT2D eigenvalue weighted by atomic mass is 16.5. The van der Waals surface area contributed by atoms with Gasteiger partial charge in [0, 0.05) is 43.3 Å². The minimum atomic E-state index is 0.0993. The number of hydrogen-bond acceptors (Lipinski definition) is 3. The van der Waals surface area contributed by atoms with Crippen molar-refractivity contribution in [2.75, 3.05) is 32.8 Å². The Morgan fingerprint density at radius 2 is 1.54 bits per heavy atom. The zero-order chi connectivity index (χ0) is 17.8. The monoisotopic (exact) mass is 348 g/mol. The molecule has 134 valence electrons. The van der Waals surface area contributed by atoms with Gasteiger partial charge in [0.25, 0.3) is 5.56 Å². The molecule has 4 nitrogen and oxygen atoms in total. The zero-order valence-electron chi connectivity index (χ0n) is 14.9. The second kappa shape index (κ2) is 7.85.